The van der Waals surface area contributed by atoms with Crippen molar-refractivity contribution in [2.75, 3.05) is 18.5 Å². The fourth-order valence-electron chi connectivity index (χ4n) is 4.15. The van der Waals surface area contributed by atoms with Crippen LogP contribution in [-0.2, 0) is 6.42 Å². The van der Waals surface area contributed by atoms with Crippen LogP contribution in [0.15, 0.2) is 52.0 Å². The molecule has 2 aliphatic rings. The Bertz CT molecular complexity index is 1310. The Morgan fingerprint density at radius 2 is 1.79 bits per heavy atom. The van der Waals surface area contributed by atoms with E-state index in [9.17, 15) is 14.7 Å². The lowest BCUT2D eigenvalue weighted by Gasteiger charge is -2.18. The van der Waals surface area contributed by atoms with E-state index >= 15 is 0 Å². The Morgan fingerprint density at radius 3 is 2.62 bits per heavy atom. The summed E-state index contributed by atoms with van der Waals surface area (Å²) in [6.45, 7) is 2.75. The quantitative estimate of drug-likeness (QED) is 0.508. The Morgan fingerprint density at radius 1 is 1.00 bits per heavy atom. The Kier molecular flexibility index (Phi) is 5.67. The minimum atomic E-state index is -0.518. The number of hydrazone groups is 1. The number of anilines is 1. The van der Waals surface area contributed by atoms with Crippen molar-refractivity contribution in [1.29, 1.82) is 0 Å². The van der Waals surface area contributed by atoms with Gasteiger partial charge in [0, 0.05) is 29.3 Å². The van der Waals surface area contributed by atoms with Crippen molar-refractivity contribution in [2.45, 2.75) is 26.2 Å². The van der Waals surface area contributed by atoms with E-state index in [1.54, 1.807) is 37.3 Å². The maximum Gasteiger partial charge on any atom is 0.291 e. The second kappa shape index (κ2) is 8.93. The van der Waals surface area contributed by atoms with Gasteiger partial charge in [0.2, 0.25) is 0 Å². The molecule has 5 rings (SSSR count). The average Bonchev–Trinajstić information content (AvgIpc) is 3.20. The first-order valence-corrected chi connectivity index (χ1v) is 11.0. The number of nitrogens with one attached hydrogen (secondary N) is 2. The van der Waals surface area contributed by atoms with Crippen LogP contribution in [0.5, 0.6) is 17.2 Å². The normalized spacial score (nSPS) is 15.5. The largest absolute Gasteiger partial charge is 0.507 e. The molecule has 3 N–H and O–H groups in total. The molecule has 174 valence electrons. The van der Waals surface area contributed by atoms with Crippen LogP contribution in [0.1, 0.15) is 50.6 Å². The number of benzene rings is 2. The Balaban J connectivity index is 1.36. The summed E-state index contributed by atoms with van der Waals surface area (Å²) in [5, 5.41) is 17.0. The third-order valence-corrected chi connectivity index (χ3v) is 5.77. The van der Waals surface area contributed by atoms with E-state index in [0.29, 0.717) is 60.3 Å². The summed E-state index contributed by atoms with van der Waals surface area (Å²) >= 11 is 0. The zero-order chi connectivity index (χ0) is 23.7. The smallest absolute Gasteiger partial charge is 0.291 e. The van der Waals surface area contributed by atoms with E-state index in [1.807, 2.05) is 0 Å². The van der Waals surface area contributed by atoms with Crippen LogP contribution < -0.4 is 20.2 Å². The predicted octanol–water partition coefficient (Wildman–Crippen LogP) is 3.79. The molecule has 2 aromatic carbocycles. The number of amides is 2. The van der Waals surface area contributed by atoms with Crippen LogP contribution in [0.3, 0.4) is 0 Å². The first kappa shape index (κ1) is 21.6. The van der Waals surface area contributed by atoms with Crippen LogP contribution in [0.2, 0.25) is 0 Å². The van der Waals surface area contributed by atoms with Gasteiger partial charge in [-0.1, -0.05) is 12.1 Å². The minimum Gasteiger partial charge on any atom is -0.507 e. The number of para-hydroxylation sites is 1. The number of furan rings is 1. The molecule has 9 heteroatoms. The second-order valence-electron chi connectivity index (χ2n) is 8.04. The van der Waals surface area contributed by atoms with Gasteiger partial charge in [-0.15, -0.1) is 0 Å². The summed E-state index contributed by atoms with van der Waals surface area (Å²) in [6.07, 6.45) is 2.06. The average molecular weight is 461 g/mol. The van der Waals surface area contributed by atoms with Gasteiger partial charge in [-0.25, -0.2) is 5.43 Å². The van der Waals surface area contributed by atoms with E-state index in [-0.39, 0.29) is 23.0 Å². The molecule has 0 radical (unpaired) electrons. The third kappa shape index (κ3) is 4.07. The van der Waals surface area contributed by atoms with Crippen molar-refractivity contribution >= 4 is 23.2 Å². The van der Waals surface area contributed by atoms with Gasteiger partial charge in [-0.3, -0.25) is 9.59 Å². The predicted molar refractivity (Wildman–Crippen MR) is 124 cm³/mol. The summed E-state index contributed by atoms with van der Waals surface area (Å²) in [5.74, 6) is 1.04. The molecule has 0 fully saturated rings. The van der Waals surface area contributed by atoms with Crippen LogP contribution in [-0.4, -0.2) is 35.8 Å². The number of phenolic OH excluding ortho intramolecular Hbond substituents is 1. The molecule has 0 atom stereocenters. The molecule has 1 aliphatic carbocycles. The molecule has 0 bridgehead atoms. The maximum atomic E-state index is 13.0. The van der Waals surface area contributed by atoms with Crippen LogP contribution in [0, 0.1) is 6.92 Å². The Hall–Kier alpha value is -4.27. The van der Waals surface area contributed by atoms with Gasteiger partial charge in [0.05, 0.1) is 11.3 Å². The minimum absolute atomic E-state index is 0.123. The van der Waals surface area contributed by atoms with Gasteiger partial charge in [-0.2, -0.15) is 5.10 Å². The standard InChI is InChI=1S/C25H23N3O6/c1-14-22-17(27-28-24(30)16-5-2-3-7-18(16)29)6-4-8-20(22)34-23(14)25(31)26-15-9-10-19-21(13-15)33-12-11-32-19/h2-3,5,7,9-10,13,29H,4,6,8,11-12H2,1H3,(H,26,31)(H,28,30)/b27-17+. The molecular formula is C25H23N3O6. The lowest BCUT2D eigenvalue weighted by atomic mass is 9.93. The van der Waals surface area contributed by atoms with Gasteiger partial charge >= 0.3 is 0 Å². The number of hydrogen-bond donors (Lipinski definition) is 3. The highest BCUT2D eigenvalue weighted by Gasteiger charge is 2.28. The lowest BCUT2D eigenvalue weighted by molar-refractivity contribution is 0.0950. The van der Waals surface area contributed by atoms with Crippen molar-refractivity contribution in [2.24, 2.45) is 5.10 Å². The fraction of sp³-hybridized carbons (Fsp3) is 0.240. The van der Waals surface area contributed by atoms with Crippen molar-refractivity contribution < 1.29 is 28.6 Å². The maximum absolute atomic E-state index is 13.0. The lowest BCUT2D eigenvalue weighted by Crippen LogP contribution is -2.22. The first-order valence-electron chi connectivity index (χ1n) is 11.0. The first-order chi connectivity index (χ1) is 16.5. The highest BCUT2D eigenvalue weighted by atomic mass is 16.6. The SMILES string of the molecule is Cc1c(C(=O)Nc2ccc3c(c2)OCCO3)oc2c1/C(=N/NC(=O)c1ccccc1O)CCC2. The van der Waals surface area contributed by atoms with Gasteiger partial charge in [0.15, 0.2) is 17.3 Å². The number of fused-ring (bicyclic) bond motifs is 2. The number of phenols is 1. The number of carbonyl (C=O) groups is 2. The molecule has 2 amide bonds. The molecule has 0 saturated carbocycles. The summed E-state index contributed by atoms with van der Waals surface area (Å²) in [5.41, 5.74) is 5.21. The summed E-state index contributed by atoms with van der Waals surface area (Å²) < 4.78 is 17.0. The number of aryl methyl sites for hydroxylation is 1. The zero-order valence-corrected chi connectivity index (χ0v) is 18.5. The van der Waals surface area contributed by atoms with Crippen LogP contribution in [0.4, 0.5) is 5.69 Å². The van der Waals surface area contributed by atoms with Gasteiger partial charge in [-0.05, 0) is 44.0 Å². The van der Waals surface area contributed by atoms with E-state index in [0.717, 1.165) is 12.0 Å². The fourth-order valence-corrected chi connectivity index (χ4v) is 4.15. The van der Waals surface area contributed by atoms with Gasteiger partial charge in [0.1, 0.15) is 24.7 Å². The molecule has 34 heavy (non-hydrogen) atoms. The number of nitrogens with zero attached hydrogens (tertiary/aromatic N) is 1. The second-order valence-corrected chi connectivity index (χ2v) is 8.04. The van der Waals surface area contributed by atoms with Crippen molar-refractivity contribution in [3.05, 3.63) is 70.7 Å². The summed E-state index contributed by atoms with van der Waals surface area (Å²) in [6, 6.07) is 11.5. The molecule has 3 aromatic rings. The molecular weight excluding hydrogens is 438 g/mol. The Labute approximate surface area is 195 Å². The van der Waals surface area contributed by atoms with Crippen molar-refractivity contribution in [1.82, 2.24) is 5.43 Å². The highest BCUT2D eigenvalue weighted by molar-refractivity contribution is 6.09. The number of ether oxygens (including phenoxy) is 2. The molecule has 1 aliphatic heterocycles. The van der Waals surface area contributed by atoms with E-state index in [4.69, 9.17) is 13.9 Å². The number of carbonyl (C=O) groups excluding carboxylic acids is 2. The monoisotopic (exact) mass is 461 g/mol. The molecule has 0 saturated heterocycles. The van der Waals surface area contributed by atoms with Crippen molar-refractivity contribution in [3.8, 4) is 17.2 Å². The molecule has 9 nitrogen and oxygen atoms in total. The van der Waals surface area contributed by atoms with Gasteiger partial charge < -0.3 is 24.3 Å². The van der Waals surface area contributed by atoms with Crippen molar-refractivity contribution in [3.63, 3.8) is 0 Å². The topological polar surface area (TPSA) is 122 Å². The highest BCUT2D eigenvalue weighted by Crippen LogP contribution is 2.34. The van der Waals surface area contributed by atoms with Crippen LogP contribution in [0.25, 0.3) is 0 Å². The molecule has 2 heterocycles. The zero-order valence-electron chi connectivity index (χ0n) is 18.5. The number of rotatable bonds is 4. The summed E-state index contributed by atoms with van der Waals surface area (Å²) in [4.78, 5) is 25.4. The van der Waals surface area contributed by atoms with Gasteiger partial charge in [0.25, 0.3) is 11.8 Å². The van der Waals surface area contributed by atoms with E-state index in [2.05, 4.69) is 15.8 Å². The molecule has 1 aromatic heterocycles. The summed E-state index contributed by atoms with van der Waals surface area (Å²) in [7, 11) is 0. The van der Waals surface area contributed by atoms with E-state index in [1.165, 1.54) is 12.1 Å². The number of hydrogen-bond acceptors (Lipinski definition) is 7. The van der Waals surface area contributed by atoms with E-state index < -0.39 is 5.91 Å². The molecule has 0 unspecified atom stereocenters. The van der Waals surface area contributed by atoms with Crippen LogP contribution >= 0.6 is 0 Å². The molecule has 0 spiro atoms. The third-order valence-electron chi connectivity index (χ3n) is 5.77. The number of aromatic hydroxyl groups is 1.